The standard InChI is InChI=1S/C19H23NO5/c1-13-6-7-14(2)17(11-13)24-10-4-3-5-18(21)20-12-15-8-9-16(25-15)19(22)23/h6-9,11H,3-5,10,12H2,1-2H3,(H,20,21)(H,22,23). The van der Waals surface area contributed by atoms with Crippen molar-refractivity contribution in [3.63, 3.8) is 0 Å². The maximum Gasteiger partial charge on any atom is 0.371 e. The van der Waals surface area contributed by atoms with Crippen LogP contribution in [0.25, 0.3) is 0 Å². The van der Waals surface area contributed by atoms with Crippen LogP contribution >= 0.6 is 0 Å². The predicted molar refractivity (Wildman–Crippen MR) is 92.8 cm³/mol. The topological polar surface area (TPSA) is 88.8 Å². The summed E-state index contributed by atoms with van der Waals surface area (Å²) >= 11 is 0. The number of aryl methyl sites for hydroxylation is 2. The minimum absolute atomic E-state index is 0.0972. The zero-order chi connectivity index (χ0) is 18.2. The van der Waals surface area contributed by atoms with Crippen LogP contribution < -0.4 is 10.1 Å². The fourth-order valence-electron chi connectivity index (χ4n) is 2.29. The number of hydrogen-bond acceptors (Lipinski definition) is 4. The van der Waals surface area contributed by atoms with E-state index in [1.54, 1.807) is 6.07 Å². The van der Waals surface area contributed by atoms with Gasteiger partial charge in [-0.3, -0.25) is 4.79 Å². The van der Waals surface area contributed by atoms with Crippen LogP contribution in [0.2, 0.25) is 0 Å². The number of rotatable bonds is 9. The lowest BCUT2D eigenvalue weighted by atomic mass is 10.1. The molecule has 1 amide bonds. The molecular formula is C19H23NO5. The summed E-state index contributed by atoms with van der Waals surface area (Å²) in [6.45, 7) is 4.78. The number of unbranched alkanes of at least 4 members (excludes halogenated alkanes) is 1. The Bertz CT molecular complexity index is 735. The van der Waals surface area contributed by atoms with Crippen LogP contribution in [0.15, 0.2) is 34.7 Å². The summed E-state index contributed by atoms with van der Waals surface area (Å²) in [7, 11) is 0. The SMILES string of the molecule is Cc1ccc(C)c(OCCCCC(=O)NCc2ccc(C(=O)O)o2)c1. The highest BCUT2D eigenvalue weighted by atomic mass is 16.5. The van der Waals surface area contributed by atoms with Crippen molar-refractivity contribution in [2.45, 2.75) is 39.7 Å². The van der Waals surface area contributed by atoms with Gasteiger partial charge in [-0.1, -0.05) is 12.1 Å². The molecule has 6 heteroatoms. The number of aromatic carboxylic acids is 1. The van der Waals surface area contributed by atoms with Crippen LogP contribution in [0.5, 0.6) is 5.75 Å². The van der Waals surface area contributed by atoms with E-state index in [-0.39, 0.29) is 18.2 Å². The Balaban J connectivity index is 1.62. The molecule has 0 atom stereocenters. The summed E-state index contributed by atoms with van der Waals surface area (Å²) in [5.74, 6) is -0.0465. The molecule has 1 heterocycles. The number of carboxylic acid groups (broad SMARTS) is 1. The van der Waals surface area contributed by atoms with Crippen LogP contribution in [-0.2, 0) is 11.3 Å². The largest absolute Gasteiger partial charge is 0.493 e. The second-order valence-electron chi connectivity index (χ2n) is 5.92. The van der Waals surface area contributed by atoms with Gasteiger partial charge in [0, 0.05) is 6.42 Å². The molecule has 0 saturated carbocycles. The molecule has 0 aliphatic rings. The first-order valence-electron chi connectivity index (χ1n) is 8.24. The van der Waals surface area contributed by atoms with Crippen molar-refractivity contribution in [1.29, 1.82) is 0 Å². The summed E-state index contributed by atoms with van der Waals surface area (Å²) in [5, 5.41) is 11.5. The first kappa shape index (κ1) is 18.6. The van der Waals surface area contributed by atoms with E-state index >= 15 is 0 Å². The summed E-state index contributed by atoms with van der Waals surface area (Å²) in [5.41, 5.74) is 2.26. The fraction of sp³-hybridized carbons (Fsp3) is 0.368. The van der Waals surface area contributed by atoms with Crippen molar-refractivity contribution < 1.29 is 23.8 Å². The Morgan fingerprint density at radius 3 is 2.68 bits per heavy atom. The van der Waals surface area contributed by atoms with Gasteiger partial charge in [0.1, 0.15) is 11.5 Å². The lowest BCUT2D eigenvalue weighted by molar-refractivity contribution is -0.121. The monoisotopic (exact) mass is 345 g/mol. The summed E-state index contributed by atoms with van der Waals surface area (Å²) in [4.78, 5) is 22.5. The number of amides is 1. The minimum Gasteiger partial charge on any atom is -0.493 e. The van der Waals surface area contributed by atoms with Crippen LogP contribution in [0.1, 0.15) is 46.7 Å². The highest BCUT2D eigenvalue weighted by Gasteiger charge is 2.09. The molecule has 1 aromatic heterocycles. The normalized spacial score (nSPS) is 10.5. The maximum atomic E-state index is 11.8. The van der Waals surface area contributed by atoms with Gasteiger partial charge in [-0.25, -0.2) is 4.79 Å². The van der Waals surface area contributed by atoms with E-state index in [0.717, 1.165) is 29.7 Å². The third kappa shape index (κ3) is 5.99. The zero-order valence-corrected chi connectivity index (χ0v) is 14.5. The molecule has 0 aliphatic carbocycles. The average Bonchev–Trinajstić information content (AvgIpc) is 3.05. The third-order valence-corrected chi connectivity index (χ3v) is 3.73. The molecule has 6 nitrogen and oxygen atoms in total. The molecule has 0 bridgehead atoms. The lowest BCUT2D eigenvalue weighted by Gasteiger charge is -2.10. The third-order valence-electron chi connectivity index (χ3n) is 3.73. The van der Waals surface area contributed by atoms with Gasteiger partial charge in [-0.15, -0.1) is 0 Å². The van der Waals surface area contributed by atoms with Crippen molar-refractivity contribution in [3.05, 3.63) is 53.0 Å². The molecule has 0 spiro atoms. The van der Waals surface area contributed by atoms with Crippen LogP contribution in [0, 0.1) is 13.8 Å². The van der Waals surface area contributed by atoms with Crippen LogP contribution in [-0.4, -0.2) is 23.6 Å². The lowest BCUT2D eigenvalue weighted by Crippen LogP contribution is -2.22. The van der Waals surface area contributed by atoms with E-state index in [9.17, 15) is 9.59 Å². The molecule has 0 unspecified atom stereocenters. The van der Waals surface area contributed by atoms with Crippen LogP contribution in [0.3, 0.4) is 0 Å². The molecule has 2 N–H and O–H groups in total. The van der Waals surface area contributed by atoms with E-state index in [1.165, 1.54) is 6.07 Å². The Labute approximate surface area is 146 Å². The van der Waals surface area contributed by atoms with Gasteiger partial charge in [0.2, 0.25) is 11.7 Å². The van der Waals surface area contributed by atoms with Gasteiger partial charge < -0.3 is 19.6 Å². The van der Waals surface area contributed by atoms with Crippen molar-refractivity contribution in [2.24, 2.45) is 0 Å². The number of ether oxygens (including phenoxy) is 1. The fourth-order valence-corrected chi connectivity index (χ4v) is 2.29. The van der Waals surface area contributed by atoms with E-state index in [0.29, 0.717) is 18.8 Å². The zero-order valence-electron chi connectivity index (χ0n) is 14.5. The van der Waals surface area contributed by atoms with E-state index in [1.807, 2.05) is 32.0 Å². The number of nitrogens with one attached hydrogen (secondary N) is 1. The predicted octanol–water partition coefficient (Wildman–Crippen LogP) is 3.46. The molecule has 1 aromatic carbocycles. The Kier molecular flexibility index (Phi) is 6.62. The van der Waals surface area contributed by atoms with Crippen molar-refractivity contribution in [1.82, 2.24) is 5.32 Å². The number of carbonyl (C=O) groups excluding carboxylic acids is 1. The van der Waals surface area contributed by atoms with Gasteiger partial charge in [-0.2, -0.15) is 0 Å². The van der Waals surface area contributed by atoms with Gasteiger partial charge in [0.25, 0.3) is 0 Å². The number of carbonyl (C=O) groups is 2. The van der Waals surface area contributed by atoms with Crippen LogP contribution in [0.4, 0.5) is 0 Å². The quantitative estimate of drug-likeness (QED) is 0.680. The van der Waals surface area contributed by atoms with Gasteiger partial charge in [-0.05, 0) is 56.0 Å². The van der Waals surface area contributed by atoms with Gasteiger partial charge in [0.05, 0.1) is 13.2 Å². The van der Waals surface area contributed by atoms with E-state index < -0.39 is 5.97 Å². The molecular weight excluding hydrogens is 322 g/mol. The average molecular weight is 345 g/mol. The highest BCUT2D eigenvalue weighted by molar-refractivity contribution is 5.84. The smallest absolute Gasteiger partial charge is 0.371 e. The number of furan rings is 1. The first-order valence-corrected chi connectivity index (χ1v) is 8.24. The maximum absolute atomic E-state index is 11.8. The molecule has 134 valence electrons. The Morgan fingerprint density at radius 2 is 1.96 bits per heavy atom. The van der Waals surface area contributed by atoms with Gasteiger partial charge in [0.15, 0.2) is 0 Å². The van der Waals surface area contributed by atoms with Gasteiger partial charge >= 0.3 is 5.97 Å². The number of benzene rings is 1. The van der Waals surface area contributed by atoms with Crippen molar-refractivity contribution in [3.8, 4) is 5.75 Å². The summed E-state index contributed by atoms with van der Waals surface area (Å²) in [6.07, 6.45) is 1.89. The highest BCUT2D eigenvalue weighted by Crippen LogP contribution is 2.19. The molecule has 2 aromatic rings. The second kappa shape index (κ2) is 8.92. The van der Waals surface area contributed by atoms with E-state index in [4.69, 9.17) is 14.3 Å². The van der Waals surface area contributed by atoms with Crippen molar-refractivity contribution in [2.75, 3.05) is 6.61 Å². The number of carboxylic acids is 1. The molecule has 0 radical (unpaired) electrons. The minimum atomic E-state index is -1.12. The molecule has 0 saturated heterocycles. The molecule has 0 aliphatic heterocycles. The van der Waals surface area contributed by atoms with E-state index in [2.05, 4.69) is 5.32 Å². The molecule has 2 rings (SSSR count). The summed E-state index contributed by atoms with van der Waals surface area (Å²) < 4.78 is 10.8. The Morgan fingerprint density at radius 1 is 1.16 bits per heavy atom. The summed E-state index contributed by atoms with van der Waals surface area (Å²) in [6, 6.07) is 9.00. The van der Waals surface area contributed by atoms with Crippen molar-refractivity contribution >= 4 is 11.9 Å². The molecule has 25 heavy (non-hydrogen) atoms. The second-order valence-corrected chi connectivity index (χ2v) is 5.92. The first-order chi connectivity index (χ1) is 12.0. The number of hydrogen-bond donors (Lipinski definition) is 2. The molecule has 0 fully saturated rings. The Hall–Kier alpha value is -2.76.